The van der Waals surface area contributed by atoms with Gasteiger partial charge in [0.15, 0.2) is 0 Å². The van der Waals surface area contributed by atoms with Gasteiger partial charge in [-0.15, -0.1) is 0 Å². The molecule has 0 radical (unpaired) electrons. The molecule has 2 aromatic carbocycles. The Labute approximate surface area is 138 Å². The van der Waals surface area contributed by atoms with Crippen molar-refractivity contribution in [2.24, 2.45) is 0 Å². The molecule has 2 N–H and O–H groups in total. The van der Waals surface area contributed by atoms with Crippen LogP contribution < -0.4 is 9.46 Å². The Kier molecular flexibility index (Phi) is 5.08. The Hall–Kier alpha value is -2.61. The number of nitrogens with one attached hydrogen (secondary N) is 1. The van der Waals surface area contributed by atoms with Gasteiger partial charge in [0.05, 0.1) is 11.7 Å². The number of hydrogen-bond acceptors (Lipinski definition) is 4. The molecular weight excluding hydrogens is 337 g/mol. The van der Waals surface area contributed by atoms with E-state index in [2.05, 4.69) is 4.72 Å². The molecule has 0 aliphatic heterocycles. The molecule has 0 atom stereocenters. The highest BCUT2D eigenvalue weighted by Crippen LogP contribution is 2.22. The third kappa shape index (κ3) is 4.23. The molecule has 6 nitrogen and oxygen atoms in total. The molecule has 2 aromatic rings. The normalized spacial score (nSPS) is 11.3. The number of halogens is 1. The van der Waals surface area contributed by atoms with Crippen LogP contribution in [0.2, 0.25) is 0 Å². The van der Waals surface area contributed by atoms with E-state index in [1.54, 1.807) is 12.1 Å². The van der Waals surface area contributed by atoms with E-state index in [1.165, 1.54) is 12.1 Å². The van der Waals surface area contributed by atoms with Gasteiger partial charge in [-0.3, -0.25) is 4.72 Å². The molecule has 0 amide bonds. The second-order valence-corrected chi connectivity index (χ2v) is 6.90. The van der Waals surface area contributed by atoms with Gasteiger partial charge in [0, 0.05) is 5.69 Å². The second kappa shape index (κ2) is 6.88. The van der Waals surface area contributed by atoms with E-state index >= 15 is 0 Å². The van der Waals surface area contributed by atoms with Crippen LogP contribution in [0.1, 0.15) is 24.2 Å². The molecule has 0 saturated heterocycles. The molecule has 0 spiro atoms. The lowest BCUT2D eigenvalue weighted by atomic mass is 10.2. The first-order valence-corrected chi connectivity index (χ1v) is 8.50. The predicted octanol–water partition coefficient (Wildman–Crippen LogP) is 3.11. The van der Waals surface area contributed by atoms with Crippen molar-refractivity contribution in [2.75, 3.05) is 4.72 Å². The van der Waals surface area contributed by atoms with Gasteiger partial charge in [0.1, 0.15) is 16.5 Å². The number of aromatic carboxylic acids is 1. The Bertz CT molecular complexity index is 847. The Morgan fingerprint density at radius 1 is 1.17 bits per heavy atom. The van der Waals surface area contributed by atoms with Crippen LogP contribution in [0.5, 0.6) is 5.75 Å². The summed E-state index contributed by atoms with van der Waals surface area (Å²) in [6.07, 6.45) is -0.0191. The van der Waals surface area contributed by atoms with Gasteiger partial charge in [-0.05, 0) is 56.3 Å². The summed E-state index contributed by atoms with van der Waals surface area (Å²) in [6.45, 7) is 3.72. The zero-order valence-electron chi connectivity index (χ0n) is 13.0. The first kappa shape index (κ1) is 17.7. The van der Waals surface area contributed by atoms with E-state index in [4.69, 9.17) is 9.84 Å². The zero-order valence-corrected chi connectivity index (χ0v) is 13.8. The van der Waals surface area contributed by atoms with Crippen molar-refractivity contribution in [3.63, 3.8) is 0 Å². The predicted molar refractivity (Wildman–Crippen MR) is 86.4 cm³/mol. The van der Waals surface area contributed by atoms with E-state index in [9.17, 15) is 17.6 Å². The highest BCUT2D eigenvalue weighted by molar-refractivity contribution is 7.92. The van der Waals surface area contributed by atoms with Gasteiger partial charge >= 0.3 is 5.97 Å². The maximum Gasteiger partial charge on any atom is 0.335 e. The largest absolute Gasteiger partial charge is 0.491 e. The van der Waals surface area contributed by atoms with Crippen molar-refractivity contribution in [3.8, 4) is 5.75 Å². The summed E-state index contributed by atoms with van der Waals surface area (Å²) < 4.78 is 46.1. The van der Waals surface area contributed by atoms with Crippen LogP contribution >= 0.6 is 0 Å². The average molecular weight is 353 g/mol. The Morgan fingerprint density at radius 2 is 1.79 bits per heavy atom. The summed E-state index contributed by atoms with van der Waals surface area (Å²) in [5.74, 6) is -1.90. The fourth-order valence-corrected chi connectivity index (χ4v) is 3.05. The number of carboxylic acid groups (broad SMARTS) is 1. The van der Waals surface area contributed by atoms with Crippen LogP contribution in [0.25, 0.3) is 0 Å². The molecule has 0 bridgehead atoms. The maximum absolute atomic E-state index is 13.9. The highest BCUT2D eigenvalue weighted by Gasteiger charge is 2.20. The fourth-order valence-electron chi connectivity index (χ4n) is 1.94. The van der Waals surface area contributed by atoms with Gasteiger partial charge < -0.3 is 9.84 Å². The molecule has 2 rings (SSSR count). The average Bonchev–Trinajstić information content (AvgIpc) is 2.48. The standard InChI is InChI=1S/C16H16FNO5S/c1-10(2)23-13-6-4-12(5-7-13)18-24(21,22)15-8-3-11(16(19)20)9-14(15)17/h3-10,18H,1-2H3,(H,19,20). The second-order valence-electron chi connectivity index (χ2n) is 5.25. The summed E-state index contributed by atoms with van der Waals surface area (Å²) in [4.78, 5) is 10.1. The topological polar surface area (TPSA) is 92.7 Å². The van der Waals surface area contributed by atoms with Crippen molar-refractivity contribution in [1.29, 1.82) is 0 Å². The number of anilines is 1. The smallest absolute Gasteiger partial charge is 0.335 e. The number of hydrogen-bond donors (Lipinski definition) is 2. The number of ether oxygens (including phenoxy) is 1. The Morgan fingerprint density at radius 3 is 2.29 bits per heavy atom. The summed E-state index contributed by atoms with van der Waals surface area (Å²) in [7, 11) is -4.18. The molecule has 0 heterocycles. The van der Waals surface area contributed by atoms with E-state index < -0.39 is 26.7 Å². The van der Waals surface area contributed by atoms with E-state index in [1.807, 2.05) is 13.8 Å². The molecule has 128 valence electrons. The van der Waals surface area contributed by atoms with Crippen LogP contribution in [0, 0.1) is 5.82 Å². The number of rotatable bonds is 6. The van der Waals surface area contributed by atoms with Crippen LogP contribution in [-0.2, 0) is 10.0 Å². The molecular formula is C16H16FNO5S. The maximum atomic E-state index is 13.9. The van der Waals surface area contributed by atoms with Crippen LogP contribution in [0.3, 0.4) is 0 Å². The first-order chi connectivity index (χ1) is 11.2. The minimum Gasteiger partial charge on any atom is -0.491 e. The third-order valence-electron chi connectivity index (χ3n) is 2.95. The molecule has 0 saturated carbocycles. The van der Waals surface area contributed by atoms with E-state index in [0.717, 1.165) is 12.1 Å². The minimum atomic E-state index is -4.18. The highest BCUT2D eigenvalue weighted by atomic mass is 32.2. The van der Waals surface area contributed by atoms with Crippen LogP contribution in [-0.4, -0.2) is 25.6 Å². The van der Waals surface area contributed by atoms with Gasteiger partial charge in [-0.2, -0.15) is 0 Å². The summed E-state index contributed by atoms with van der Waals surface area (Å²) in [6, 6.07) is 8.74. The molecule has 0 aliphatic rings. The quantitative estimate of drug-likeness (QED) is 0.832. The van der Waals surface area contributed by atoms with Gasteiger partial charge in [0.2, 0.25) is 0 Å². The SMILES string of the molecule is CC(C)Oc1ccc(NS(=O)(=O)c2ccc(C(=O)O)cc2F)cc1. The van der Waals surface area contributed by atoms with Crippen LogP contribution in [0.15, 0.2) is 47.4 Å². The number of benzene rings is 2. The fraction of sp³-hybridized carbons (Fsp3) is 0.188. The lowest BCUT2D eigenvalue weighted by molar-refractivity contribution is 0.0696. The minimum absolute atomic E-state index is 0.0191. The molecule has 0 aromatic heterocycles. The monoisotopic (exact) mass is 353 g/mol. The molecule has 24 heavy (non-hydrogen) atoms. The van der Waals surface area contributed by atoms with Crippen molar-refractivity contribution in [2.45, 2.75) is 24.8 Å². The Balaban J connectivity index is 2.23. The first-order valence-electron chi connectivity index (χ1n) is 7.01. The van der Waals surface area contributed by atoms with Gasteiger partial charge in [-0.1, -0.05) is 0 Å². The van der Waals surface area contributed by atoms with Gasteiger partial charge in [0.25, 0.3) is 10.0 Å². The van der Waals surface area contributed by atoms with Crippen molar-refractivity contribution in [1.82, 2.24) is 0 Å². The number of carbonyl (C=O) groups is 1. The molecule has 8 heteroatoms. The molecule has 0 unspecified atom stereocenters. The molecule has 0 fully saturated rings. The lowest BCUT2D eigenvalue weighted by Crippen LogP contribution is -2.15. The summed E-state index contributed by atoms with van der Waals surface area (Å²) in [5.41, 5.74) is -0.102. The van der Waals surface area contributed by atoms with Gasteiger partial charge in [-0.25, -0.2) is 17.6 Å². The van der Waals surface area contributed by atoms with Crippen molar-refractivity contribution >= 4 is 21.7 Å². The van der Waals surface area contributed by atoms with E-state index in [-0.39, 0.29) is 17.4 Å². The summed E-state index contributed by atoms with van der Waals surface area (Å²) in [5, 5.41) is 8.78. The summed E-state index contributed by atoms with van der Waals surface area (Å²) >= 11 is 0. The molecule has 0 aliphatic carbocycles. The van der Waals surface area contributed by atoms with E-state index in [0.29, 0.717) is 11.8 Å². The van der Waals surface area contributed by atoms with Crippen molar-refractivity contribution in [3.05, 3.63) is 53.8 Å². The lowest BCUT2D eigenvalue weighted by Gasteiger charge is -2.12. The third-order valence-corrected chi connectivity index (χ3v) is 4.36. The van der Waals surface area contributed by atoms with Crippen LogP contribution in [0.4, 0.5) is 10.1 Å². The number of carboxylic acids is 1. The zero-order chi connectivity index (χ0) is 17.9. The van der Waals surface area contributed by atoms with Crippen molar-refractivity contribution < 1.29 is 27.4 Å². The number of sulfonamides is 1.